The van der Waals surface area contributed by atoms with Crippen LogP contribution in [0.5, 0.6) is 0 Å². The monoisotopic (exact) mass is 200 g/mol. The standard InChI is InChI=1S/C13H11FN/c1-10-3-2-4-13(9-10)15-12-7-5-11(14)6-8-12/h2-9,15H,1H2. The highest BCUT2D eigenvalue weighted by Crippen LogP contribution is 2.17. The Morgan fingerprint density at radius 3 is 2.33 bits per heavy atom. The largest absolute Gasteiger partial charge is 0.356 e. The lowest BCUT2D eigenvalue weighted by Gasteiger charge is -2.06. The van der Waals surface area contributed by atoms with Crippen molar-refractivity contribution >= 4 is 11.4 Å². The molecule has 15 heavy (non-hydrogen) atoms. The van der Waals surface area contributed by atoms with E-state index in [0.29, 0.717) is 0 Å². The molecule has 0 bridgehead atoms. The van der Waals surface area contributed by atoms with E-state index in [-0.39, 0.29) is 5.82 Å². The molecule has 0 aliphatic carbocycles. The number of nitrogens with one attached hydrogen (secondary N) is 1. The van der Waals surface area contributed by atoms with Crippen LogP contribution in [0.25, 0.3) is 0 Å². The molecule has 75 valence electrons. The van der Waals surface area contributed by atoms with Gasteiger partial charge in [-0.05, 0) is 48.9 Å². The predicted molar refractivity (Wildman–Crippen MR) is 60.6 cm³/mol. The lowest BCUT2D eigenvalue weighted by Crippen LogP contribution is -1.90. The molecule has 1 radical (unpaired) electrons. The minimum absolute atomic E-state index is 0.230. The smallest absolute Gasteiger partial charge is 0.123 e. The van der Waals surface area contributed by atoms with E-state index in [0.717, 1.165) is 16.9 Å². The van der Waals surface area contributed by atoms with Gasteiger partial charge in [-0.3, -0.25) is 0 Å². The Balaban J connectivity index is 2.18. The van der Waals surface area contributed by atoms with Gasteiger partial charge in [-0.25, -0.2) is 4.39 Å². The number of hydrogen-bond acceptors (Lipinski definition) is 1. The van der Waals surface area contributed by atoms with Gasteiger partial charge in [-0.2, -0.15) is 0 Å². The van der Waals surface area contributed by atoms with Gasteiger partial charge in [0.25, 0.3) is 0 Å². The summed E-state index contributed by atoms with van der Waals surface area (Å²) in [7, 11) is 0. The molecule has 0 amide bonds. The topological polar surface area (TPSA) is 12.0 Å². The van der Waals surface area contributed by atoms with Gasteiger partial charge in [0.05, 0.1) is 0 Å². The van der Waals surface area contributed by atoms with Crippen LogP contribution in [0.2, 0.25) is 0 Å². The van der Waals surface area contributed by atoms with Gasteiger partial charge in [-0.1, -0.05) is 12.1 Å². The van der Waals surface area contributed by atoms with Crippen molar-refractivity contribution < 1.29 is 4.39 Å². The molecule has 1 N–H and O–H groups in total. The lowest BCUT2D eigenvalue weighted by atomic mass is 10.2. The minimum atomic E-state index is -0.230. The average molecular weight is 200 g/mol. The minimum Gasteiger partial charge on any atom is -0.356 e. The van der Waals surface area contributed by atoms with Crippen LogP contribution < -0.4 is 5.32 Å². The highest BCUT2D eigenvalue weighted by molar-refractivity contribution is 5.60. The van der Waals surface area contributed by atoms with Gasteiger partial charge < -0.3 is 5.32 Å². The van der Waals surface area contributed by atoms with Gasteiger partial charge in [-0.15, -0.1) is 0 Å². The number of halogens is 1. The zero-order valence-corrected chi connectivity index (χ0v) is 8.20. The maximum atomic E-state index is 12.7. The first kappa shape index (κ1) is 9.71. The zero-order valence-electron chi connectivity index (χ0n) is 8.20. The Bertz CT molecular complexity index is 448. The fourth-order valence-corrected chi connectivity index (χ4v) is 1.35. The quantitative estimate of drug-likeness (QED) is 0.778. The molecular weight excluding hydrogens is 189 g/mol. The maximum Gasteiger partial charge on any atom is 0.123 e. The second-order valence-electron chi connectivity index (χ2n) is 3.33. The van der Waals surface area contributed by atoms with E-state index in [2.05, 4.69) is 12.2 Å². The van der Waals surface area contributed by atoms with E-state index in [1.165, 1.54) is 12.1 Å². The molecule has 0 unspecified atom stereocenters. The summed E-state index contributed by atoms with van der Waals surface area (Å²) in [6.45, 7) is 3.84. The van der Waals surface area contributed by atoms with Crippen LogP contribution >= 0.6 is 0 Å². The van der Waals surface area contributed by atoms with Crippen molar-refractivity contribution in [2.75, 3.05) is 5.32 Å². The van der Waals surface area contributed by atoms with Crippen LogP contribution in [-0.2, 0) is 0 Å². The SMILES string of the molecule is [CH2]c1cccc(Nc2ccc(F)cc2)c1. The second-order valence-corrected chi connectivity index (χ2v) is 3.33. The first-order valence-electron chi connectivity index (χ1n) is 4.69. The molecule has 2 aromatic carbocycles. The van der Waals surface area contributed by atoms with Crippen molar-refractivity contribution in [1.82, 2.24) is 0 Å². The van der Waals surface area contributed by atoms with E-state index in [9.17, 15) is 4.39 Å². The first-order valence-corrected chi connectivity index (χ1v) is 4.69. The molecule has 1 nitrogen and oxygen atoms in total. The highest BCUT2D eigenvalue weighted by atomic mass is 19.1. The third-order valence-electron chi connectivity index (χ3n) is 2.06. The molecule has 2 rings (SSSR count). The van der Waals surface area contributed by atoms with E-state index in [1.54, 1.807) is 12.1 Å². The van der Waals surface area contributed by atoms with Gasteiger partial charge >= 0.3 is 0 Å². The molecule has 0 heterocycles. The molecule has 0 saturated carbocycles. The zero-order chi connectivity index (χ0) is 10.7. The van der Waals surface area contributed by atoms with Crippen molar-refractivity contribution in [2.45, 2.75) is 0 Å². The fraction of sp³-hybridized carbons (Fsp3) is 0. The fourth-order valence-electron chi connectivity index (χ4n) is 1.35. The number of anilines is 2. The molecule has 2 heteroatoms. The van der Waals surface area contributed by atoms with Crippen molar-refractivity contribution in [3.8, 4) is 0 Å². The van der Waals surface area contributed by atoms with Crippen molar-refractivity contribution in [3.05, 3.63) is 66.8 Å². The molecule has 0 spiro atoms. The first-order chi connectivity index (χ1) is 7.24. The molecule has 0 aliphatic rings. The summed E-state index contributed by atoms with van der Waals surface area (Å²) >= 11 is 0. The summed E-state index contributed by atoms with van der Waals surface area (Å²) < 4.78 is 12.7. The Morgan fingerprint density at radius 1 is 0.933 bits per heavy atom. The average Bonchev–Trinajstić information content (AvgIpc) is 2.22. The van der Waals surface area contributed by atoms with Crippen molar-refractivity contribution in [1.29, 1.82) is 0 Å². The number of benzene rings is 2. The normalized spacial score (nSPS) is 10.0. The van der Waals surface area contributed by atoms with E-state index < -0.39 is 0 Å². The summed E-state index contributed by atoms with van der Waals surface area (Å²) in [6.07, 6.45) is 0. The van der Waals surface area contributed by atoms with Crippen LogP contribution in [0.4, 0.5) is 15.8 Å². The third-order valence-corrected chi connectivity index (χ3v) is 2.06. The summed E-state index contributed by atoms with van der Waals surface area (Å²) in [5.74, 6) is -0.230. The maximum absolute atomic E-state index is 12.7. The molecule has 0 fully saturated rings. The van der Waals surface area contributed by atoms with E-state index in [4.69, 9.17) is 0 Å². The Labute approximate surface area is 88.6 Å². The molecule has 0 saturated heterocycles. The van der Waals surface area contributed by atoms with E-state index in [1.807, 2.05) is 24.3 Å². The van der Waals surface area contributed by atoms with Gasteiger partial charge in [0.2, 0.25) is 0 Å². The molecule has 0 aromatic heterocycles. The van der Waals surface area contributed by atoms with Gasteiger partial charge in [0.1, 0.15) is 5.82 Å². The van der Waals surface area contributed by atoms with Crippen molar-refractivity contribution in [2.24, 2.45) is 0 Å². The Kier molecular flexibility index (Phi) is 2.68. The van der Waals surface area contributed by atoms with Crippen molar-refractivity contribution in [3.63, 3.8) is 0 Å². The summed E-state index contributed by atoms with van der Waals surface area (Å²) in [6, 6.07) is 14.0. The number of hydrogen-bond donors (Lipinski definition) is 1. The highest BCUT2D eigenvalue weighted by Gasteiger charge is 1.95. The number of rotatable bonds is 2. The third kappa shape index (κ3) is 2.56. The van der Waals surface area contributed by atoms with Crippen LogP contribution in [0.1, 0.15) is 5.56 Å². The van der Waals surface area contributed by atoms with Crippen LogP contribution in [0.3, 0.4) is 0 Å². The second kappa shape index (κ2) is 4.13. The Hall–Kier alpha value is -1.83. The van der Waals surface area contributed by atoms with Gasteiger partial charge in [0.15, 0.2) is 0 Å². The molecule has 0 atom stereocenters. The Morgan fingerprint density at radius 2 is 1.67 bits per heavy atom. The van der Waals surface area contributed by atoms with Crippen LogP contribution in [0, 0.1) is 12.7 Å². The van der Waals surface area contributed by atoms with Crippen LogP contribution in [0.15, 0.2) is 48.5 Å². The van der Waals surface area contributed by atoms with E-state index >= 15 is 0 Å². The summed E-state index contributed by atoms with van der Waals surface area (Å²) in [5, 5.41) is 3.17. The summed E-state index contributed by atoms with van der Waals surface area (Å²) in [4.78, 5) is 0. The predicted octanol–water partition coefficient (Wildman–Crippen LogP) is 3.75. The lowest BCUT2D eigenvalue weighted by molar-refractivity contribution is 0.628. The molecular formula is C13H11FN. The van der Waals surface area contributed by atoms with Crippen LogP contribution in [-0.4, -0.2) is 0 Å². The van der Waals surface area contributed by atoms with Gasteiger partial charge in [0, 0.05) is 11.4 Å². The molecule has 2 aromatic rings. The summed E-state index contributed by atoms with van der Waals surface area (Å²) in [5.41, 5.74) is 2.76. The molecule has 0 aliphatic heterocycles.